The van der Waals surface area contributed by atoms with E-state index in [0.29, 0.717) is 0 Å². The van der Waals surface area contributed by atoms with Gasteiger partial charge in [-0.05, 0) is 31.8 Å². The summed E-state index contributed by atoms with van der Waals surface area (Å²) >= 11 is 0. The first-order valence-corrected chi connectivity index (χ1v) is 10.5. The molecule has 2 N–H and O–H groups in total. The second kappa shape index (κ2) is 15.7. The third kappa shape index (κ3) is 12.6. The molecule has 24 heavy (non-hydrogen) atoms. The fraction of sp³-hybridized carbons (Fsp3) is 0.857. The van der Waals surface area contributed by atoms with E-state index < -0.39 is 0 Å². The van der Waals surface area contributed by atoms with Gasteiger partial charge >= 0.3 is 0 Å². The van der Waals surface area contributed by atoms with E-state index in [4.69, 9.17) is 0 Å². The summed E-state index contributed by atoms with van der Waals surface area (Å²) in [6.45, 7) is 3.99. The molecular weight excluding hydrogens is 296 g/mol. The van der Waals surface area contributed by atoms with Crippen LogP contribution in [0.1, 0.15) is 96.8 Å². The fourth-order valence-electron chi connectivity index (χ4n) is 3.16. The zero-order valence-electron chi connectivity index (χ0n) is 15.9. The number of nitrogens with zero attached hydrogens (tertiary/aromatic N) is 1. The van der Waals surface area contributed by atoms with Crippen molar-refractivity contribution in [2.45, 2.75) is 103 Å². The molecule has 3 heteroatoms. The SMILES string of the molecule is CCC(O)CCCCCCCCCCCCCC=CC1=NCCN1. The van der Waals surface area contributed by atoms with Gasteiger partial charge in [-0.2, -0.15) is 0 Å². The molecule has 3 nitrogen and oxygen atoms in total. The minimum Gasteiger partial charge on any atom is -0.393 e. The average molecular weight is 337 g/mol. The van der Waals surface area contributed by atoms with Gasteiger partial charge in [-0.25, -0.2) is 0 Å². The summed E-state index contributed by atoms with van der Waals surface area (Å²) < 4.78 is 0. The summed E-state index contributed by atoms with van der Waals surface area (Å²) in [6.07, 6.45) is 22.3. The minimum absolute atomic E-state index is 0.0615. The van der Waals surface area contributed by atoms with Crippen LogP contribution in [-0.2, 0) is 0 Å². The number of hydrogen-bond acceptors (Lipinski definition) is 3. The van der Waals surface area contributed by atoms with Crippen LogP contribution in [-0.4, -0.2) is 30.1 Å². The lowest BCUT2D eigenvalue weighted by molar-refractivity contribution is 0.156. The first-order chi connectivity index (χ1) is 11.8. The molecule has 1 aliphatic heterocycles. The standard InChI is InChI=1S/C21H40N2O/c1-2-20(24)16-14-12-10-8-6-4-3-5-7-9-11-13-15-17-21-22-18-19-23-21/h15,17,20,24H,2-14,16,18-19H2,1H3,(H,22,23). The van der Waals surface area contributed by atoms with Gasteiger partial charge in [-0.15, -0.1) is 0 Å². The van der Waals surface area contributed by atoms with Crippen LogP contribution in [0.25, 0.3) is 0 Å². The Kier molecular flexibility index (Phi) is 13.9. The number of hydrogen-bond donors (Lipinski definition) is 2. The molecule has 0 aromatic rings. The molecule has 1 rings (SSSR count). The maximum absolute atomic E-state index is 9.49. The molecule has 0 spiro atoms. The monoisotopic (exact) mass is 336 g/mol. The second-order valence-electron chi connectivity index (χ2n) is 7.12. The van der Waals surface area contributed by atoms with Gasteiger partial charge in [0, 0.05) is 6.54 Å². The Morgan fingerprint density at radius 2 is 1.54 bits per heavy atom. The first kappa shape index (κ1) is 21.2. The van der Waals surface area contributed by atoms with E-state index in [-0.39, 0.29) is 6.10 Å². The summed E-state index contributed by atoms with van der Waals surface area (Å²) in [6, 6.07) is 0. The fourth-order valence-corrected chi connectivity index (χ4v) is 3.16. The number of aliphatic hydroxyl groups excluding tert-OH is 1. The van der Waals surface area contributed by atoms with Crippen molar-refractivity contribution in [2.24, 2.45) is 4.99 Å². The predicted molar refractivity (Wildman–Crippen MR) is 106 cm³/mol. The van der Waals surface area contributed by atoms with Gasteiger partial charge < -0.3 is 10.4 Å². The van der Waals surface area contributed by atoms with Gasteiger partial charge in [-0.1, -0.05) is 77.2 Å². The largest absolute Gasteiger partial charge is 0.393 e. The maximum Gasteiger partial charge on any atom is 0.120 e. The Morgan fingerprint density at radius 3 is 2.08 bits per heavy atom. The molecule has 0 aliphatic carbocycles. The summed E-state index contributed by atoms with van der Waals surface area (Å²) in [7, 11) is 0. The number of rotatable bonds is 16. The van der Waals surface area contributed by atoms with Crippen LogP contribution < -0.4 is 5.32 Å². The number of unbranched alkanes of at least 4 members (excludes halogenated alkanes) is 11. The molecule has 1 heterocycles. The molecule has 0 fully saturated rings. The van der Waals surface area contributed by atoms with Crippen molar-refractivity contribution < 1.29 is 5.11 Å². The van der Waals surface area contributed by atoms with Crippen LogP contribution in [0, 0.1) is 0 Å². The maximum atomic E-state index is 9.49. The summed E-state index contributed by atoms with van der Waals surface area (Å²) in [5.74, 6) is 1.07. The van der Waals surface area contributed by atoms with Crippen molar-refractivity contribution in [1.82, 2.24) is 5.32 Å². The van der Waals surface area contributed by atoms with E-state index in [1.807, 2.05) is 0 Å². The topological polar surface area (TPSA) is 44.6 Å². The molecule has 0 radical (unpaired) electrons. The van der Waals surface area contributed by atoms with Crippen molar-refractivity contribution in [3.63, 3.8) is 0 Å². The third-order valence-electron chi connectivity index (χ3n) is 4.86. The first-order valence-electron chi connectivity index (χ1n) is 10.5. The normalized spacial score (nSPS) is 15.7. The highest BCUT2D eigenvalue weighted by molar-refractivity contribution is 5.93. The molecule has 0 amide bonds. The predicted octanol–water partition coefficient (Wildman–Crippen LogP) is 5.39. The lowest BCUT2D eigenvalue weighted by Gasteiger charge is -2.06. The Labute approximate surface area is 150 Å². The van der Waals surface area contributed by atoms with Crippen LogP contribution in [0.4, 0.5) is 0 Å². The Hall–Kier alpha value is -0.830. The molecule has 0 saturated carbocycles. The molecule has 1 unspecified atom stereocenters. The zero-order valence-corrected chi connectivity index (χ0v) is 15.9. The number of aliphatic hydroxyl groups is 1. The van der Waals surface area contributed by atoms with Crippen molar-refractivity contribution in [1.29, 1.82) is 0 Å². The van der Waals surface area contributed by atoms with E-state index in [0.717, 1.165) is 31.8 Å². The Morgan fingerprint density at radius 1 is 0.958 bits per heavy atom. The Balaban J connectivity index is 1.71. The van der Waals surface area contributed by atoms with Crippen LogP contribution in [0.5, 0.6) is 0 Å². The van der Waals surface area contributed by atoms with Gasteiger partial charge in [0.15, 0.2) is 0 Å². The highest BCUT2D eigenvalue weighted by Crippen LogP contribution is 2.13. The van der Waals surface area contributed by atoms with E-state index in [1.54, 1.807) is 0 Å². The van der Waals surface area contributed by atoms with Crippen LogP contribution in [0.3, 0.4) is 0 Å². The summed E-state index contributed by atoms with van der Waals surface area (Å²) in [5.41, 5.74) is 0. The van der Waals surface area contributed by atoms with Crippen molar-refractivity contribution >= 4 is 5.84 Å². The van der Waals surface area contributed by atoms with Gasteiger partial charge in [-0.3, -0.25) is 4.99 Å². The quantitative estimate of drug-likeness (QED) is 0.371. The van der Waals surface area contributed by atoms with Crippen LogP contribution in [0.15, 0.2) is 17.1 Å². The average Bonchev–Trinajstić information content (AvgIpc) is 3.11. The number of nitrogens with one attached hydrogen (secondary N) is 1. The molecule has 0 aromatic heterocycles. The van der Waals surface area contributed by atoms with Crippen LogP contribution in [0.2, 0.25) is 0 Å². The van der Waals surface area contributed by atoms with E-state index in [1.165, 1.54) is 77.0 Å². The van der Waals surface area contributed by atoms with Gasteiger partial charge in [0.1, 0.15) is 5.84 Å². The molecule has 1 atom stereocenters. The van der Waals surface area contributed by atoms with E-state index in [2.05, 4.69) is 29.4 Å². The van der Waals surface area contributed by atoms with Crippen LogP contribution >= 0.6 is 0 Å². The summed E-state index contributed by atoms with van der Waals surface area (Å²) in [4.78, 5) is 4.35. The lowest BCUT2D eigenvalue weighted by Crippen LogP contribution is -2.15. The highest BCUT2D eigenvalue weighted by Gasteiger charge is 2.00. The van der Waals surface area contributed by atoms with Gasteiger partial charge in [0.25, 0.3) is 0 Å². The molecular formula is C21H40N2O. The number of amidine groups is 1. The number of allylic oxidation sites excluding steroid dienone is 1. The third-order valence-corrected chi connectivity index (χ3v) is 4.86. The number of aliphatic imine (C=N–C) groups is 1. The molecule has 0 saturated heterocycles. The van der Waals surface area contributed by atoms with E-state index in [9.17, 15) is 5.11 Å². The highest BCUT2D eigenvalue weighted by atomic mass is 16.3. The summed E-state index contributed by atoms with van der Waals surface area (Å²) in [5, 5.41) is 12.7. The molecule has 0 aromatic carbocycles. The van der Waals surface area contributed by atoms with Gasteiger partial charge in [0.05, 0.1) is 12.6 Å². The molecule has 1 aliphatic rings. The van der Waals surface area contributed by atoms with Gasteiger partial charge in [0.2, 0.25) is 0 Å². The minimum atomic E-state index is -0.0615. The van der Waals surface area contributed by atoms with Crippen molar-refractivity contribution in [3.8, 4) is 0 Å². The van der Waals surface area contributed by atoms with Crippen molar-refractivity contribution in [2.75, 3.05) is 13.1 Å². The molecule has 140 valence electrons. The second-order valence-corrected chi connectivity index (χ2v) is 7.12. The molecule has 0 bridgehead atoms. The lowest BCUT2D eigenvalue weighted by atomic mass is 10.0. The van der Waals surface area contributed by atoms with Crippen molar-refractivity contribution in [3.05, 3.63) is 12.2 Å². The Bertz CT molecular complexity index is 339. The van der Waals surface area contributed by atoms with E-state index >= 15 is 0 Å². The smallest absolute Gasteiger partial charge is 0.120 e. The zero-order chi connectivity index (χ0) is 17.3.